The van der Waals surface area contributed by atoms with Gasteiger partial charge in [0, 0.05) is 18.2 Å². The van der Waals surface area contributed by atoms with E-state index in [-0.39, 0.29) is 18.7 Å². The van der Waals surface area contributed by atoms with Gasteiger partial charge in [-0.1, -0.05) is 18.9 Å². The van der Waals surface area contributed by atoms with Crippen molar-refractivity contribution in [2.45, 2.75) is 38.3 Å². The molecule has 0 N–H and O–H groups in total. The zero-order valence-electron chi connectivity index (χ0n) is 15.8. The van der Waals surface area contributed by atoms with Crippen molar-refractivity contribution < 1.29 is 23.8 Å². The molecule has 0 radical (unpaired) electrons. The molecular weight excluding hydrogens is 358 g/mol. The Morgan fingerprint density at radius 1 is 1.00 bits per heavy atom. The molecule has 1 fully saturated rings. The lowest BCUT2D eigenvalue weighted by molar-refractivity contribution is 0.0598. The zero-order valence-corrected chi connectivity index (χ0v) is 15.8. The summed E-state index contributed by atoms with van der Waals surface area (Å²) in [6.07, 6.45) is 4.29. The summed E-state index contributed by atoms with van der Waals surface area (Å²) in [7, 11) is 1.34. The van der Waals surface area contributed by atoms with Gasteiger partial charge in [0.05, 0.1) is 12.7 Å². The van der Waals surface area contributed by atoms with Gasteiger partial charge in [0.25, 0.3) is 5.91 Å². The van der Waals surface area contributed by atoms with Crippen molar-refractivity contribution in [3.8, 4) is 11.5 Å². The first-order chi connectivity index (χ1) is 13.7. The summed E-state index contributed by atoms with van der Waals surface area (Å²) in [6.45, 7) is 0.746. The highest BCUT2D eigenvalue weighted by molar-refractivity contribution is 5.96. The molecule has 0 spiro atoms. The topological polar surface area (TPSA) is 65.1 Å². The molecule has 0 bridgehead atoms. The number of hydrogen-bond acceptors (Lipinski definition) is 5. The second-order valence-electron chi connectivity index (χ2n) is 7.13. The second kappa shape index (κ2) is 7.92. The van der Waals surface area contributed by atoms with Gasteiger partial charge >= 0.3 is 5.97 Å². The van der Waals surface area contributed by atoms with Crippen LogP contribution in [-0.4, -0.2) is 36.7 Å². The maximum Gasteiger partial charge on any atom is 0.337 e. The van der Waals surface area contributed by atoms with Crippen LogP contribution in [0.15, 0.2) is 42.5 Å². The van der Waals surface area contributed by atoms with Crippen molar-refractivity contribution in [1.29, 1.82) is 0 Å². The molecular formula is C22H23NO5. The number of carbonyl (C=O) groups is 2. The summed E-state index contributed by atoms with van der Waals surface area (Å²) in [5.41, 5.74) is 2.01. The molecule has 1 aliphatic carbocycles. The Hall–Kier alpha value is -3.02. The minimum Gasteiger partial charge on any atom is -0.465 e. The summed E-state index contributed by atoms with van der Waals surface area (Å²) in [4.78, 5) is 26.8. The van der Waals surface area contributed by atoms with E-state index in [1.54, 1.807) is 24.3 Å². The number of carbonyl (C=O) groups excluding carboxylic acids is 2. The molecule has 0 aromatic heterocycles. The third-order valence-electron chi connectivity index (χ3n) is 5.37. The molecule has 146 valence electrons. The van der Waals surface area contributed by atoms with Crippen molar-refractivity contribution >= 4 is 11.9 Å². The van der Waals surface area contributed by atoms with Crippen LogP contribution in [0, 0.1) is 0 Å². The fraction of sp³-hybridized carbons (Fsp3) is 0.364. The minimum absolute atomic E-state index is 0.0269. The number of rotatable bonds is 5. The second-order valence-corrected chi connectivity index (χ2v) is 7.13. The zero-order chi connectivity index (χ0) is 19.5. The number of methoxy groups -OCH3 is 1. The number of ether oxygens (including phenoxy) is 3. The average molecular weight is 381 g/mol. The monoisotopic (exact) mass is 381 g/mol. The van der Waals surface area contributed by atoms with Gasteiger partial charge in [0.2, 0.25) is 6.79 Å². The van der Waals surface area contributed by atoms with Gasteiger partial charge in [0.1, 0.15) is 0 Å². The van der Waals surface area contributed by atoms with E-state index in [0.717, 1.165) is 42.7 Å². The van der Waals surface area contributed by atoms with E-state index in [9.17, 15) is 9.59 Å². The van der Waals surface area contributed by atoms with Crippen molar-refractivity contribution in [2.24, 2.45) is 0 Å². The van der Waals surface area contributed by atoms with E-state index in [1.807, 2.05) is 23.1 Å². The van der Waals surface area contributed by atoms with Gasteiger partial charge in [-0.3, -0.25) is 4.79 Å². The fourth-order valence-electron chi connectivity index (χ4n) is 3.85. The lowest BCUT2D eigenvalue weighted by Gasteiger charge is -2.29. The number of hydrogen-bond donors (Lipinski definition) is 0. The minimum atomic E-state index is -0.410. The molecule has 1 aliphatic heterocycles. The van der Waals surface area contributed by atoms with Crippen LogP contribution in [-0.2, 0) is 11.3 Å². The third-order valence-corrected chi connectivity index (χ3v) is 5.37. The van der Waals surface area contributed by atoms with Gasteiger partial charge in [-0.15, -0.1) is 0 Å². The van der Waals surface area contributed by atoms with E-state index in [2.05, 4.69) is 0 Å². The van der Waals surface area contributed by atoms with Crippen LogP contribution in [0.25, 0.3) is 0 Å². The standard InChI is InChI=1S/C22H23NO5/c1-26-22(25)17-9-7-16(8-10-17)21(24)23(18-4-2-3-5-18)13-15-6-11-19-20(12-15)28-14-27-19/h6-12,18H,2-5,13-14H2,1H3. The van der Waals surface area contributed by atoms with Crippen molar-refractivity contribution in [3.63, 3.8) is 0 Å². The molecule has 2 aliphatic rings. The number of amides is 1. The van der Waals surface area contributed by atoms with E-state index in [1.165, 1.54) is 7.11 Å². The Morgan fingerprint density at radius 3 is 2.39 bits per heavy atom. The van der Waals surface area contributed by atoms with Crippen molar-refractivity contribution in [1.82, 2.24) is 4.90 Å². The Kier molecular flexibility index (Phi) is 5.19. The van der Waals surface area contributed by atoms with E-state index >= 15 is 0 Å². The van der Waals surface area contributed by atoms with Gasteiger partial charge < -0.3 is 19.1 Å². The predicted octanol–water partition coefficient (Wildman–Crippen LogP) is 3.79. The lowest BCUT2D eigenvalue weighted by Crippen LogP contribution is -2.38. The molecule has 6 nitrogen and oxygen atoms in total. The van der Waals surface area contributed by atoms with Crippen LogP contribution >= 0.6 is 0 Å². The average Bonchev–Trinajstić information content (AvgIpc) is 3.42. The molecule has 1 amide bonds. The van der Waals surface area contributed by atoms with Crippen LogP contribution in [0.4, 0.5) is 0 Å². The smallest absolute Gasteiger partial charge is 0.337 e. The van der Waals surface area contributed by atoms with Crippen LogP contribution in [0.1, 0.15) is 52.0 Å². The highest BCUT2D eigenvalue weighted by Crippen LogP contribution is 2.34. The van der Waals surface area contributed by atoms with E-state index in [4.69, 9.17) is 14.2 Å². The number of nitrogens with zero attached hydrogens (tertiary/aromatic N) is 1. The normalized spacial score (nSPS) is 15.5. The molecule has 2 aromatic carbocycles. The first-order valence-electron chi connectivity index (χ1n) is 9.53. The first kappa shape index (κ1) is 18.3. The predicted molar refractivity (Wildman–Crippen MR) is 102 cm³/mol. The lowest BCUT2D eigenvalue weighted by atomic mass is 10.1. The SMILES string of the molecule is COC(=O)c1ccc(C(=O)N(Cc2ccc3c(c2)OCO3)C2CCCC2)cc1. The Morgan fingerprint density at radius 2 is 1.68 bits per heavy atom. The van der Waals surface area contributed by atoms with Gasteiger partial charge in [-0.05, 0) is 54.8 Å². The van der Waals surface area contributed by atoms with Crippen LogP contribution in [0.5, 0.6) is 11.5 Å². The number of esters is 1. The fourth-order valence-corrected chi connectivity index (χ4v) is 3.85. The molecule has 1 heterocycles. The molecule has 4 rings (SSSR count). The molecule has 0 unspecified atom stereocenters. The van der Waals surface area contributed by atoms with Crippen molar-refractivity contribution in [2.75, 3.05) is 13.9 Å². The summed E-state index contributed by atoms with van der Waals surface area (Å²) in [5.74, 6) is 1.02. The Balaban J connectivity index is 1.57. The maximum absolute atomic E-state index is 13.3. The number of benzene rings is 2. The summed E-state index contributed by atoms with van der Waals surface area (Å²) in [6, 6.07) is 12.7. The first-order valence-corrected chi connectivity index (χ1v) is 9.53. The third kappa shape index (κ3) is 3.67. The molecule has 28 heavy (non-hydrogen) atoms. The molecule has 6 heteroatoms. The quantitative estimate of drug-likeness (QED) is 0.738. The maximum atomic E-state index is 13.3. The van der Waals surface area contributed by atoms with Crippen LogP contribution in [0.3, 0.4) is 0 Å². The summed E-state index contributed by atoms with van der Waals surface area (Å²) >= 11 is 0. The van der Waals surface area contributed by atoms with E-state index in [0.29, 0.717) is 17.7 Å². The molecule has 0 saturated heterocycles. The Labute approximate surface area is 164 Å². The van der Waals surface area contributed by atoms with E-state index < -0.39 is 5.97 Å². The van der Waals surface area contributed by atoms with Crippen LogP contribution < -0.4 is 9.47 Å². The number of fused-ring (bicyclic) bond motifs is 1. The molecule has 2 aromatic rings. The van der Waals surface area contributed by atoms with Crippen molar-refractivity contribution in [3.05, 3.63) is 59.2 Å². The highest BCUT2D eigenvalue weighted by atomic mass is 16.7. The molecule has 1 saturated carbocycles. The van der Waals surface area contributed by atoms with Gasteiger partial charge in [-0.25, -0.2) is 4.79 Å². The summed E-state index contributed by atoms with van der Waals surface area (Å²) < 4.78 is 15.6. The summed E-state index contributed by atoms with van der Waals surface area (Å²) in [5, 5.41) is 0. The molecule has 0 atom stereocenters. The van der Waals surface area contributed by atoms with Gasteiger partial charge in [-0.2, -0.15) is 0 Å². The Bertz CT molecular complexity index is 871. The van der Waals surface area contributed by atoms with Gasteiger partial charge in [0.15, 0.2) is 11.5 Å². The highest BCUT2D eigenvalue weighted by Gasteiger charge is 2.28. The largest absolute Gasteiger partial charge is 0.465 e. The van der Waals surface area contributed by atoms with Crippen LogP contribution in [0.2, 0.25) is 0 Å².